The first kappa shape index (κ1) is 17.1. The molecule has 0 aliphatic carbocycles. The predicted octanol–water partition coefficient (Wildman–Crippen LogP) is 1.89. The van der Waals surface area contributed by atoms with Gasteiger partial charge in [0.15, 0.2) is 0 Å². The molecule has 0 aliphatic rings. The van der Waals surface area contributed by atoms with Crippen molar-refractivity contribution in [2.24, 2.45) is 0 Å². The van der Waals surface area contributed by atoms with Crippen molar-refractivity contribution in [2.45, 2.75) is 24.4 Å². The molecule has 0 spiro atoms. The highest BCUT2D eigenvalue weighted by Gasteiger charge is 2.21. The number of carbonyl (C=O) groups excluding carboxylic acids is 1. The monoisotopic (exact) mass is 403 g/mol. The van der Waals surface area contributed by atoms with E-state index in [2.05, 4.69) is 31.0 Å². The summed E-state index contributed by atoms with van der Waals surface area (Å²) in [5.41, 5.74) is 2.41. The van der Waals surface area contributed by atoms with E-state index in [-0.39, 0.29) is 11.4 Å². The molecule has 0 radical (unpaired) electrons. The number of rotatable bonds is 6. The molecule has 0 unspecified atom stereocenters. The molecule has 0 fully saturated rings. The number of benzene rings is 1. The van der Waals surface area contributed by atoms with Crippen molar-refractivity contribution in [2.75, 3.05) is 0 Å². The lowest BCUT2D eigenvalue weighted by atomic mass is 10.3. The summed E-state index contributed by atoms with van der Waals surface area (Å²) in [5, 5.41) is 4.46. The molecular formula is C13H14BrN3O3S2. The number of sulfonamides is 1. The van der Waals surface area contributed by atoms with Crippen molar-refractivity contribution in [3.05, 3.63) is 45.3 Å². The van der Waals surface area contributed by atoms with Crippen LogP contribution in [0.1, 0.15) is 12.6 Å². The maximum atomic E-state index is 12.2. The Kier molecular flexibility index (Phi) is 5.68. The Bertz CT molecular complexity index is 730. The summed E-state index contributed by atoms with van der Waals surface area (Å²) in [6.45, 7) is 1.76. The van der Waals surface area contributed by atoms with Gasteiger partial charge in [-0.3, -0.25) is 4.79 Å². The topological polar surface area (TPSA) is 88.2 Å². The molecule has 1 atom stereocenters. The van der Waals surface area contributed by atoms with Crippen molar-refractivity contribution in [3.8, 4) is 0 Å². The molecule has 1 aromatic carbocycles. The van der Waals surface area contributed by atoms with E-state index in [1.807, 2.05) is 5.38 Å². The second-order valence-electron chi connectivity index (χ2n) is 4.49. The summed E-state index contributed by atoms with van der Waals surface area (Å²) in [6.07, 6.45) is 0. The van der Waals surface area contributed by atoms with Crippen LogP contribution in [0, 0.1) is 0 Å². The standard InChI is InChI=1S/C13H14BrN3O3S2/c1-9(13(18)15-6-11-7-21-8-16-11)17-22(19,20)12-4-2-10(14)3-5-12/h2-5,7-9,17H,6H2,1H3,(H,15,18)/t9-/m0/s1. The fourth-order valence-electron chi connectivity index (χ4n) is 1.62. The Morgan fingerprint density at radius 1 is 1.36 bits per heavy atom. The maximum Gasteiger partial charge on any atom is 0.241 e. The van der Waals surface area contributed by atoms with E-state index in [1.54, 1.807) is 17.6 Å². The highest BCUT2D eigenvalue weighted by molar-refractivity contribution is 9.10. The van der Waals surface area contributed by atoms with Crippen molar-refractivity contribution < 1.29 is 13.2 Å². The third-order valence-corrected chi connectivity index (χ3v) is 5.50. The maximum absolute atomic E-state index is 12.2. The van der Waals surface area contributed by atoms with E-state index >= 15 is 0 Å². The Hall–Kier alpha value is -1.29. The van der Waals surface area contributed by atoms with E-state index < -0.39 is 22.0 Å². The smallest absolute Gasteiger partial charge is 0.241 e. The van der Waals surface area contributed by atoms with Gasteiger partial charge in [-0.15, -0.1) is 11.3 Å². The summed E-state index contributed by atoms with van der Waals surface area (Å²) in [5.74, 6) is -0.409. The average Bonchev–Trinajstić information content (AvgIpc) is 2.98. The molecule has 0 aliphatic heterocycles. The molecule has 22 heavy (non-hydrogen) atoms. The number of amides is 1. The molecular weight excluding hydrogens is 390 g/mol. The predicted molar refractivity (Wildman–Crippen MR) is 87.9 cm³/mol. The second kappa shape index (κ2) is 7.32. The van der Waals surface area contributed by atoms with Crippen LogP contribution in [-0.2, 0) is 21.4 Å². The van der Waals surface area contributed by atoms with Gasteiger partial charge in [0.2, 0.25) is 15.9 Å². The molecule has 0 bridgehead atoms. The van der Waals surface area contributed by atoms with Gasteiger partial charge in [-0.2, -0.15) is 4.72 Å². The van der Waals surface area contributed by atoms with Crippen LogP contribution in [0.4, 0.5) is 0 Å². The van der Waals surface area contributed by atoms with Crippen LogP contribution in [-0.4, -0.2) is 25.4 Å². The van der Waals surface area contributed by atoms with E-state index in [4.69, 9.17) is 0 Å². The molecule has 0 saturated heterocycles. The molecule has 0 saturated carbocycles. The molecule has 6 nitrogen and oxygen atoms in total. The Balaban J connectivity index is 1.96. The normalized spacial score (nSPS) is 12.8. The SMILES string of the molecule is C[C@H](NS(=O)(=O)c1ccc(Br)cc1)C(=O)NCc1cscn1. The van der Waals surface area contributed by atoms with Crippen molar-refractivity contribution in [1.82, 2.24) is 15.0 Å². The number of thiazole rings is 1. The molecule has 2 rings (SSSR count). The zero-order valence-corrected chi connectivity index (χ0v) is 14.8. The van der Waals surface area contributed by atoms with Gasteiger partial charge in [-0.25, -0.2) is 13.4 Å². The van der Waals surface area contributed by atoms with Crippen LogP contribution in [0.15, 0.2) is 44.5 Å². The minimum atomic E-state index is -3.74. The number of nitrogens with one attached hydrogen (secondary N) is 2. The highest BCUT2D eigenvalue weighted by atomic mass is 79.9. The Morgan fingerprint density at radius 3 is 2.64 bits per heavy atom. The summed E-state index contributed by atoms with van der Waals surface area (Å²) < 4.78 is 27.5. The van der Waals surface area contributed by atoms with Gasteiger partial charge in [0.25, 0.3) is 0 Å². The zero-order chi connectivity index (χ0) is 16.2. The lowest BCUT2D eigenvalue weighted by molar-refractivity contribution is -0.122. The summed E-state index contributed by atoms with van der Waals surface area (Å²) in [6, 6.07) is 5.30. The van der Waals surface area contributed by atoms with Crippen LogP contribution in [0.2, 0.25) is 0 Å². The number of carbonyl (C=O) groups is 1. The number of aromatic nitrogens is 1. The average molecular weight is 404 g/mol. The molecule has 118 valence electrons. The fraction of sp³-hybridized carbons (Fsp3) is 0.231. The minimum Gasteiger partial charge on any atom is -0.349 e. The zero-order valence-electron chi connectivity index (χ0n) is 11.6. The van der Waals surface area contributed by atoms with Gasteiger partial charge in [-0.1, -0.05) is 15.9 Å². The molecule has 2 aromatic rings. The van der Waals surface area contributed by atoms with Crippen LogP contribution in [0.5, 0.6) is 0 Å². The van der Waals surface area contributed by atoms with Gasteiger partial charge in [0.1, 0.15) is 0 Å². The van der Waals surface area contributed by atoms with Crippen LogP contribution in [0.25, 0.3) is 0 Å². The first-order valence-corrected chi connectivity index (χ1v) is 9.53. The van der Waals surface area contributed by atoms with Gasteiger partial charge in [0, 0.05) is 9.85 Å². The van der Waals surface area contributed by atoms with Gasteiger partial charge < -0.3 is 5.32 Å². The lowest BCUT2D eigenvalue weighted by Gasteiger charge is -2.14. The minimum absolute atomic E-state index is 0.106. The number of nitrogens with zero attached hydrogens (tertiary/aromatic N) is 1. The van der Waals surface area contributed by atoms with Crippen LogP contribution >= 0.6 is 27.3 Å². The van der Waals surface area contributed by atoms with Gasteiger partial charge >= 0.3 is 0 Å². The van der Waals surface area contributed by atoms with Crippen LogP contribution < -0.4 is 10.0 Å². The largest absolute Gasteiger partial charge is 0.349 e. The van der Waals surface area contributed by atoms with Crippen molar-refractivity contribution in [3.63, 3.8) is 0 Å². The summed E-state index contributed by atoms with van der Waals surface area (Å²) in [4.78, 5) is 16.1. The molecule has 1 amide bonds. The highest BCUT2D eigenvalue weighted by Crippen LogP contribution is 2.14. The number of hydrogen-bond donors (Lipinski definition) is 2. The number of halogens is 1. The third kappa shape index (κ3) is 4.60. The Morgan fingerprint density at radius 2 is 2.05 bits per heavy atom. The van der Waals surface area contributed by atoms with E-state index in [1.165, 1.54) is 30.4 Å². The van der Waals surface area contributed by atoms with E-state index in [0.717, 1.165) is 10.2 Å². The van der Waals surface area contributed by atoms with Crippen LogP contribution in [0.3, 0.4) is 0 Å². The lowest BCUT2D eigenvalue weighted by Crippen LogP contribution is -2.44. The van der Waals surface area contributed by atoms with Gasteiger partial charge in [0.05, 0.1) is 28.7 Å². The first-order chi connectivity index (χ1) is 10.4. The molecule has 1 aromatic heterocycles. The van der Waals surface area contributed by atoms with Gasteiger partial charge in [-0.05, 0) is 31.2 Å². The molecule has 1 heterocycles. The van der Waals surface area contributed by atoms with Crippen molar-refractivity contribution >= 4 is 43.2 Å². The molecule has 9 heteroatoms. The quantitative estimate of drug-likeness (QED) is 0.770. The van der Waals surface area contributed by atoms with Crippen molar-refractivity contribution in [1.29, 1.82) is 0 Å². The molecule has 2 N–H and O–H groups in total. The third-order valence-electron chi connectivity index (χ3n) is 2.78. The first-order valence-electron chi connectivity index (χ1n) is 6.31. The fourth-order valence-corrected chi connectivity index (χ4v) is 3.65. The summed E-state index contributed by atoms with van der Waals surface area (Å²) in [7, 11) is -3.74. The van der Waals surface area contributed by atoms with E-state index in [9.17, 15) is 13.2 Å². The van der Waals surface area contributed by atoms with E-state index in [0.29, 0.717) is 0 Å². The number of hydrogen-bond acceptors (Lipinski definition) is 5. The second-order valence-corrected chi connectivity index (χ2v) is 7.84. The Labute approximate surface area is 141 Å². The summed E-state index contributed by atoms with van der Waals surface area (Å²) >= 11 is 4.67.